The first kappa shape index (κ1) is 22.5. The average Bonchev–Trinajstić information content (AvgIpc) is 2.96. The molecule has 1 N–H and O–H groups in total. The summed E-state index contributed by atoms with van der Waals surface area (Å²) in [5, 5.41) is 3.36. The van der Waals surface area contributed by atoms with Crippen LogP contribution in [-0.4, -0.2) is 42.2 Å². The molecule has 2 rings (SSSR count). The Morgan fingerprint density at radius 1 is 1.10 bits per heavy atom. The number of rotatable bonds is 9. The monoisotopic (exact) mass is 420 g/mol. The van der Waals surface area contributed by atoms with Gasteiger partial charge in [-0.25, -0.2) is 4.79 Å². The van der Waals surface area contributed by atoms with Crippen LogP contribution in [0.3, 0.4) is 0 Å². The van der Waals surface area contributed by atoms with Gasteiger partial charge in [0.1, 0.15) is 6.54 Å². The smallest absolute Gasteiger partial charge is 0.339 e. The minimum atomic E-state index is -0.560. The summed E-state index contributed by atoms with van der Waals surface area (Å²) in [5.74, 6) is -1.36. The predicted molar refractivity (Wildman–Crippen MR) is 109 cm³/mol. The Hall–Kier alpha value is -2.80. The van der Waals surface area contributed by atoms with Crippen LogP contribution in [0, 0.1) is 13.8 Å². The SMILES string of the molecule is CCOC(=O)c1cc(C)n(CC(=O)OCC(=O)NCCc2ccc(Cl)cc2)c1C. The Bertz CT molecular complexity index is 874. The van der Waals surface area contributed by atoms with Crippen LogP contribution < -0.4 is 5.32 Å². The van der Waals surface area contributed by atoms with Crippen LogP contribution in [0.4, 0.5) is 0 Å². The standard InChI is InChI=1S/C21H25ClN2O5/c1-4-28-21(27)18-11-14(2)24(15(18)3)12-20(26)29-13-19(25)23-10-9-16-5-7-17(22)8-6-16/h5-8,11H,4,9-10,12-13H2,1-3H3,(H,23,25). The van der Waals surface area contributed by atoms with Crippen LogP contribution >= 0.6 is 11.6 Å². The van der Waals surface area contributed by atoms with Gasteiger partial charge in [0.2, 0.25) is 0 Å². The highest BCUT2D eigenvalue weighted by atomic mass is 35.5. The lowest BCUT2D eigenvalue weighted by atomic mass is 10.1. The summed E-state index contributed by atoms with van der Waals surface area (Å²) in [6.07, 6.45) is 0.648. The summed E-state index contributed by atoms with van der Waals surface area (Å²) >= 11 is 5.83. The summed E-state index contributed by atoms with van der Waals surface area (Å²) in [7, 11) is 0. The second-order valence-electron chi connectivity index (χ2n) is 6.48. The maximum Gasteiger partial charge on any atom is 0.339 e. The molecular formula is C21H25ClN2O5. The first-order valence-corrected chi connectivity index (χ1v) is 9.70. The molecule has 0 aliphatic rings. The van der Waals surface area contributed by atoms with E-state index in [1.807, 2.05) is 12.1 Å². The van der Waals surface area contributed by atoms with Crippen LogP contribution in [0.2, 0.25) is 5.02 Å². The maximum atomic E-state index is 12.1. The van der Waals surface area contributed by atoms with E-state index < -0.39 is 11.9 Å². The van der Waals surface area contributed by atoms with E-state index in [0.717, 1.165) is 11.3 Å². The second-order valence-corrected chi connectivity index (χ2v) is 6.91. The third-order valence-corrected chi connectivity index (χ3v) is 4.62. The molecule has 2 aromatic rings. The van der Waals surface area contributed by atoms with E-state index in [-0.39, 0.29) is 25.7 Å². The Balaban J connectivity index is 1.78. The number of aromatic nitrogens is 1. The number of carbonyl (C=O) groups is 3. The molecule has 0 saturated carbocycles. The molecule has 0 saturated heterocycles. The largest absolute Gasteiger partial charge is 0.462 e. The van der Waals surface area contributed by atoms with Crippen LogP contribution in [-0.2, 0) is 32.0 Å². The van der Waals surface area contributed by atoms with E-state index in [1.165, 1.54) is 0 Å². The van der Waals surface area contributed by atoms with Crippen molar-refractivity contribution in [1.29, 1.82) is 0 Å². The second kappa shape index (κ2) is 10.7. The first-order valence-electron chi connectivity index (χ1n) is 9.32. The molecule has 0 aliphatic heterocycles. The number of nitrogens with zero attached hydrogens (tertiary/aromatic N) is 1. The number of hydrogen-bond acceptors (Lipinski definition) is 5. The van der Waals surface area contributed by atoms with Gasteiger partial charge in [-0.3, -0.25) is 9.59 Å². The molecule has 0 fully saturated rings. The van der Waals surface area contributed by atoms with Crippen molar-refractivity contribution in [2.75, 3.05) is 19.8 Å². The third-order valence-electron chi connectivity index (χ3n) is 4.37. The highest BCUT2D eigenvalue weighted by Gasteiger charge is 2.19. The van der Waals surface area contributed by atoms with Gasteiger partial charge in [0.25, 0.3) is 5.91 Å². The Morgan fingerprint density at radius 3 is 2.45 bits per heavy atom. The van der Waals surface area contributed by atoms with Crippen molar-refractivity contribution in [2.24, 2.45) is 0 Å². The molecule has 8 heteroatoms. The van der Waals surface area contributed by atoms with Crippen LogP contribution in [0.5, 0.6) is 0 Å². The maximum absolute atomic E-state index is 12.1. The van der Waals surface area contributed by atoms with Gasteiger partial charge in [0, 0.05) is 23.0 Å². The van der Waals surface area contributed by atoms with Gasteiger partial charge in [-0.05, 0) is 51.0 Å². The van der Waals surface area contributed by atoms with E-state index in [2.05, 4.69) is 5.32 Å². The predicted octanol–water partition coefficient (Wildman–Crippen LogP) is 2.84. The molecule has 1 aromatic carbocycles. The number of hydrogen-bond donors (Lipinski definition) is 1. The summed E-state index contributed by atoms with van der Waals surface area (Å²) in [6, 6.07) is 9.03. The zero-order valence-electron chi connectivity index (χ0n) is 16.8. The zero-order chi connectivity index (χ0) is 21.4. The fourth-order valence-corrected chi connectivity index (χ4v) is 2.96. The lowest BCUT2D eigenvalue weighted by Gasteiger charge is -2.10. The molecule has 1 amide bonds. The van der Waals surface area contributed by atoms with Crippen molar-refractivity contribution in [1.82, 2.24) is 9.88 Å². The van der Waals surface area contributed by atoms with E-state index in [1.54, 1.807) is 43.5 Å². The average molecular weight is 421 g/mol. The molecule has 0 aliphatic carbocycles. The molecule has 0 unspecified atom stereocenters. The highest BCUT2D eigenvalue weighted by molar-refractivity contribution is 6.30. The molecule has 0 bridgehead atoms. The van der Waals surface area contributed by atoms with Gasteiger partial charge in [-0.1, -0.05) is 23.7 Å². The van der Waals surface area contributed by atoms with Gasteiger partial charge in [0.05, 0.1) is 12.2 Å². The van der Waals surface area contributed by atoms with Crippen molar-refractivity contribution < 1.29 is 23.9 Å². The van der Waals surface area contributed by atoms with Crippen molar-refractivity contribution in [3.8, 4) is 0 Å². The van der Waals surface area contributed by atoms with Crippen LogP contribution in [0.1, 0.15) is 34.2 Å². The Morgan fingerprint density at radius 2 is 1.79 bits per heavy atom. The molecule has 0 atom stereocenters. The summed E-state index contributed by atoms with van der Waals surface area (Å²) < 4.78 is 11.7. The number of nitrogens with one attached hydrogen (secondary N) is 1. The van der Waals surface area contributed by atoms with Gasteiger partial charge in [0.15, 0.2) is 6.61 Å². The molecule has 0 radical (unpaired) electrons. The minimum absolute atomic E-state index is 0.0882. The molecule has 0 spiro atoms. The molecular weight excluding hydrogens is 396 g/mol. The molecule has 1 heterocycles. The quantitative estimate of drug-likeness (QED) is 0.630. The van der Waals surface area contributed by atoms with Gasteiger partial charge < -0.3 is 19.4 Å². The van der Waals surface area contributed by atoms with Gasteiger partial charge >= 0.3 is 11.9 Å². The highest BCUT2D eigenvalue weighted by Crippen LogP contribution is 2.16. The van der Waals surface area contributed by atoms with Gasteiger partial charge in [-0.15, -0.1) is 0 Å². The number of halogens is 1. The molecule has 1 aromatic heterocycles. The molecule has 29 heavy (non-hydrogen) atoms. The zero-order valence-corrected chi connectivity index (χ0v) is 17.5. The van der Waals surface area contributed by atoms with E-state index in [9.17, 15) is 14.4 Å². The minimum Gasteiger partial charge on any atom is -0.462 e. The van der Waals surface area contributed by atoms with Crippen molar-refractivity contribution in [3.63, 3.8) is 0 Å². The van der Waals surface area contributed by atoms with E-state index >= 15 is 0 Å². The summed E-state index contributed by atoms with van der Waals surface area (Å²) in [5.41, 5.74) is 2.81. The first-order chi connectivity index (χ1) is 13.8. The molecule has 156 valence electrons. The van der Waals surface area contributed by atoms with Crippen LogP contribution in [0.25, 0.3) is 0 Å². The van der Waals surface area contributed by atoms with Crippen molar-refractivity contribution in [2.45, 2.75) is 33.7 Å². The number of aryl methyl sites for hydroxylation is 1. The summed E-state index contributed by atoms with van der Waals surface area (Å²) in [6.45, 7) is 5.50. The van der Waals surface area contributed by atoms with E-state index in [4.69, 9.17) is 21.1 Å². The fraction of sp³-hybridized carbons (Fsp3) is 0.381. The lowest BCUT2D eigenvalue weighted by Crippen LogP contribution is -2.31. The summed E-state index contributed by atoms with van der Waals surface area (Å²) in [4.78, 5) is 35.9. The number of amides is 1. The third kappa shape index (κ3) is 6.64. The van der Waals surface area contributed by atoms with E-state index in [0.29, 0.717) is 29.2 Å². The van der Waals surface area contributed by atoms with Crippen molar-refractivity contribution >= 4 is 29.4 Å². The fourth-order valence-electron chi connectivity index (χ4n) is 2.83. The number of esters is 2. The number of ether oxygens (including phenoxy) is 2. The number of carbonyl (C=O) groups excluding carboxylic acids is 3. The lowest BCUT2D eigenvalue weighted by molar-refractivity contribution is -0.149. The normalized spacial score (nSPS) is 10.5. The topological polar surface area (TPSA) is 86.6 Å². The van der Waals surface area contributed by atoms with Crippen LogP contribution in [0.15, 0.2) is 30.3 Å². The van der Waals surface area contributed by atoms with Gasteiger partial charge in [-0.2, -0.15) is 0 Å². The number of benzene rings is 1. The molecule has 7 nitrogen and oxygen atoms in total. The van der Waals surface area contributed by atoms with Crippen molar-refractivity contribution in [3.05, 3.63) is 57.9 Å². The Labute approximate surface area is 174 Å². The Kier molecular flexibility index (Phi) is 8.27.